The van der Waals surface area contributed by atoms with E-state index in [9.17, 15) is 4.79 Å². The molecule has 0 unspecified atom stereocenters. The molecule has 0 atom stereocenters. The topological polar surface area (TPSA) is 56.1 Å². The first-order valence-corrected chi connectivity index (χ1v) is 9.26. The molecule has 0 bridgehead atoms. The van der Waals surface area contributed by atoms with Gasteiger partial charge in [0.15, 0.2) is 0 Å². The predicted octanol–water partition coefficient (Wildman–Crippen LogP) is 4.46. The fourth-order valence-electron chi connectivity index (χ4n) is 3.46. The van der Waals surface area contributed by atoms with Crippen LogP contribution in [0.4, 0.5) is 5.69 Å². The molecular formula is C22H23N3O2. The van der Waals surface area contributed by atoms with Crippen LogP contribution in [-0.4, -0.2) is 22.6 Å². The van der Waals surface area contributed by atoms with E-state index in [4.69, 9.17) is 9.72 Å². The number of aromatic nitrogens is 2. The highest BCUT2D eigenvalue weighted by molar-refractivity contribution is 6.06. The van der Waals surface area contributed by atoms with Crippen molar-refractivity contribution >= 4 is 11.6 Å². The number of ether oxygens (including phenoxy) is 1. The molecule has 2 heterocycles. The van der Waals surface area contributed by atoms with E-state index in [0.717, 1.165) is 35.5 Å². The minimum Gasteiger partial charge on any atom is -0.496 e. The number of nitrogens with one attached hydrogen (secondary N) is 1. The Morgan fingerprint density at radius 1 is 1.15 bits per heavy atom. The molecule has 138 valence electrons. The SMILES string of the molecule is COc1cc(C)ccc1C(=O)Nc1ccc(-c2cn3c(n2)CCCC3)cc1. The maximum Gasteiger partial charge on any atom is 0.259 e. The third-order valence-corrected chi connectivity index (χ3v) is 4.95. The maximum atomic E-state index is 12.6. The number of aryl methyl sites for hydroxylation is 3. The average Bonchev–Trinajstić information content (AvgIpc) is 3.12. The van der Waals surface area contributed by atoms with E-state index < -0.39 is 0 Å². The third kappa shape index (κ3) is 3.58. The van der Waals surface area contributed by atoms with Crippen LogP contribution >= 0.6 is 0 Å². The summed E-state index contributed by atoms with van der Waals surface area (Å²) >= 11 is 0. The Morgan fingerprint density at radius 2 is 1.96 bits per heavy atom. The Morgan fingerprint density at radius 3 is 2.70 bits per heavy atom. The molecule has 2 aromatic carbocycles. The number of nitrogens with zero attached hydrogens (tertiary/aromatic N) is 2. The van der Waals surface area contributed by atoms with Crippen molar-refractivity contribution in [1.29, 1.82) is 0 Å². The van der Waals surface area contributed by atoms with Crippen LogP contribution in [-0.2, 0) is 13.0 Å². The normalized spacial score (nSPS) is 13.1. The van der Waals surface area contributed by atoms with Crippen LogP contribution in [0.1, 0.15) is 34.6 Å². The highest BCUT2D eigenvalue weighted by Crippen LogP contribution is 2.25. The Hall–Kier alpha value is -3.08. The first-order chi connectivity index (χ1) is 13.1. The lowest BCUT2D eigenvalue weighted by molar-refractivity contribution is 0.102. The van der Waals surface area contributed by atoms with E-state index in [1.165, 1.54) is 18.7 Å². The molecule has 1 aliphatic rings. The van der Waals surface area contributed by atoms with E-state index >= 15 is 0 Å². The van der Waals surface area contributed by atoms with Gasteiger partial charge in [-0.15, -0.1) is 0 Å². The number of methoxy groups -OCH3 is 1. The molecule has 27 heavy (non-hydrogen) atoms. The molecule has 1 amide bonds. The van der Waals surface area contributed by atoms with Crippen molar-refractivity contribution in [2.45, 2.75) is 32.7 Å². The lowest BCUT2D eigenvalue weighted by Gasteiger charge is -2.11. The molecule has 0 spiro atoms. The Kier molecular flexibility index (Phi) is 4.67. The van der Waals surface area contributed by atoms with Crippen molar-refractivity contribution < 1.29 is 9.53 Å². The second-order valence-corrected chi connectivity index (χ2v) is 6.93. The molecule has 0 aliphatic carbocycles. The number of hydrogen-bond acceptors (Lipinski definition) is 3. The summed E-state index contributed by atoms with van der Waals surface area (Å²) in [5.74, 6) is 1.56. The minimum absolute atomic E-state index is 0.183. The zero-order valence-corrected chi connectivity index (χ0v) is 15.7. The summed E-state index contributed by atoms with van der Waals surface area (Å²) in [6.07, 6.45) is 5.60. The number of hydrogen-bond donors (Lipinski definition) is 1. The second-order valence-electron chi connectivity index (χ2n) is 6.93. The van der Waals surface area contributed by atoms with Crippen molar-refractivity contribution in [2.75, 3.05) is 12.4 Å². The number of benzene rings is 2. The number of fused-ring (bicyclic) bond motifs is 1. The zero-order valence-electron chi connectivity index (χ0n) is 15.7. The van der Waals surface area contributed by atoms with Crippen molar-refractivity contribution in [3.63, 3.8) is 0 Å². The molecule has 1 N–H and O–H groups in total. The van der Waals surface area contributed by atoms with Crippen molar-refractivity contribution in [1.82, 2.24) is 9.55 Å². The van der Waals surface area contributed by atoms with Crippen LogP contribution in [0.15, 0.2) is 48.7 Å². The van der Waals surface area contributed by atoms with Crippen molar-refractivity contribution in [3.8, 4) is 17.0 Å². The maximum absolute atomic E-state index is 12.6. The number of carbonyl (C=O) groups is 1. The van der Waals surface area contributed by atoms with Gasteiger partial charge in [-0.25, -0.2) is 4.98 Å². The fraction of sp³-hybridized carbons (Fsp3) is 0.273. The summed E-state index contributed by atoms with van der Waals surface area (Å²) < 4.78 is 7.58. The van der Waals surface area contributed by atoms with E-state index in [1.807, 2.05) is 43.3 Å². The van der Waals surface area contributed by atoms with E-state index in [0.29, 0.717) is 11.3 Å². The van der Waals surface area contributed by atoms with Gasteiger partial charge in [-0.1, -0.05) is 18.2 Å². The first kappa shape index (κ1) is 17.3. The zero-order chi connectivity index (χ0) is 18.8. The van der Waals surface area contributed by atoms with Gasteiger partial charge in [0, 0.05) is 30.4 Å². The predicted molar refractivity (Wildman–Crippen MR) is 106 cm³/mol. The summed E-state index contributed by atoms with van der Waals surface area (Å²) in [6.45, 7) is 3.02. The molecule has 1 aromatic heterocycles. The lowest BCUT2D eigenvalue weighted by Crippen LogP contribution is -2.13. The molecule has 0 fully saturated rings. The van der Waals surface area contributed by atoms with Gasteiger partial charge in [-0.05, 0) is 49.6 Å². The average molecular weight is 361 g/mol. The number of imidazole rings is 1. The molecule has 3 aromatic rings. The minimum atomic E-state index is -0.183. The summed E-state index contributed by atoms with van der Waals surface area (Å²) in [6, 6.07) is 13.4. The number of anilines is 1. The summed E-state index contributed by atoms with van der Waals surface area (Å²) in [7, 11) is 1.57. The van der Waals surface area contributed by atoms with E-state index in [-0.39, 0.29) is 5.91 Å². The largest absolute Gasteiger partial charge is 0.496 e. The molecule has 0 saturated heterocycles. The lowest BCUT2D eigenvalue weighted by atomic mass is 10.1. The van der Waals surface area contributed by atoms with Gasteiger partial charge < -0.3 is 14.6 Å². The van der Waals surface area contributed by atoms with Crippen molar-refractivity contribution in [2.24, 2.45) is 0 Å². The monoisotopic (exact) mass is 361 g/mol. The highest BCUT2D eigenvalue weighted by atomic mass is 16.5. The van der Waals surface area contributed by atoms with Crippen LogP contribution in [0.2, 0.25) is 0 Å². The molecule has 0 saturated carbocycles. The van der Waals surface area contributed by atoms with Gasteiger partial charge >= 0.3 is 0 Å². The summed E-state index contributed by atoms with van der Waals surface area (Å²) in [4.78, 5) is 17.3. The quantitative estimate of drug-likeness (QED) is 0.747. The molecule has 1 aliphatic heterocycles. The summed E-state index contributed by atoms with van der Waals surface area (Å²) in [5.41, 5.74) is 4.37. The third-order valence-electron chi connectivity index (χ3n) is 4.95. The first-order valence-electron chi connectivity index (χ1n) is 9.26. The van der Waals surface area contributed by atoms with Gasteiger partial charge in [-0.3, -0.25) is 4.79 Å². The fourth-order valence-corrected chi connectivity index (χ4v) is 3.46. The van der Waals surface area contributed by atoms with Gasteiger partial charge in [0.2, 0.25) is 0 Å². The molecule has 5 nitrogen and oxygen atoms in total. The standard InChI is InChI=1S/C22H23N3O2/c1-15-6-11-18(20(13-15)27-2)22(26)23-17-9-7-16(8-10-17)19-14-25-12-4-3-5-21(25)24-19/h6-11,13-14H,3-5,12H2,1-2H3,(H,23,26). The Bertz CT molecular complexity index is 950. The van der Waals surface area contributed by atoms with Crippen LogP contribution in [0.3, 0.4) is 0 Å². The van der Waals surface area contributed by atoms with Crippen LogP contribution in [0.25, 0.3) is 11.3 Å². The van der Waals surface area contributed by atoms with Crippen LogP contribution in [0, 0.1) is 6.92 Å². The van der Waals surface area contributed by atoms with Gasteiger partial charge in [-0.2, -0.15) is 0 Å². The second kappa shape index (κ2) is 7.27. The molecular weight excluding hydrogens is 338 g/mol. The molecule has 0 radical (unpaired) electrons. The number of rotatable bonds is 4. The Balaban J connectivity index is 1.51. The highest BCUT2D eigenvalue weighted by Gasteiger charge is 2.14. The van der Waals surface area contributed by atoms with Crippen molar-refractivity contribution in [3.05, 3.63) is 65.6 Å². The molecule has 4 rings (SSSR count). The number of carbonyl (C=O) groups excluding carboxylic acids is 1. The van der Waals surface area contributed by atoms with Gasteiger partial charge in [0.05, 0.1) is 18.4 Å². The van der Waals surface area contributed by atoms with Gasteiger partial charge in [0.1, 0.15) is 11.6 Å². The van der Waals surface area contributed by atoms with Crippen LogP contribution < -0.4 is 10.1 Å². The smallest absolute Gasteiger partial charge is 0.259 e. The summed E-state index contributed by atoms with van der Waals surface area (Å²) in [5, 5.41) is 2.94. The van der Waals surface area contributed by atoms with E-state index in [1.54, 1.807) is 13.2 Å². The Labute approximate surface area is 159 Å². The van der Waals surface area contributed by atoms with Crippen LogP contribution in [0.5, 0.6) is 5.75 Å². The molecule has 5 heteroatoms. The van der Waals surface area contributed by atoms with Gasteiger partial charge in [0.25, 0.3) is 5.91 Å². The van der Waals surface area contributed by atoms with E-state index in [2.05, 4.69) is 16.1 Å². The number of amides is 1.